The highest BCUT2D eigenvalue weighted by molar-refractivity contribution is 14.1. The molecule has 0 bridgehead atoms. The predicted octanol–water partition coefficient (Wildman–Crippen LogP) is 5.90. The summed E-state index contributed by atoms with van der Waals surface area (Å²) in [4.78, 5) is 18.3. The number of nitrogens with zero attached hydrogens (tertiary/aromatic N) is 2. The van der Waals surface area contributed by atoms with Crippen molar-refractivity contribution >= 4 is 90.2 Å². The first kappa shape index (κ1) is 21.2. The number of para-hydroxylation sites is 2. The molecule has 5 aromatic rings. The average molecular weight is 671 g/mol. The van der Waals surface area contributed by atoms with E-state index in [9.17, 15) is 4.79 Å². The van der Waals surface area contributed by atoms with Gasteiger partial charge in [0.15, 0.2) is 4.96 Å². The molecule has 0 saturated heterocycles. The van der Waals surface area contributed by atoms with E-state index >= 15 is 0 Å². The molecule has 0 atom stereocenters. The number of imidazole rings is 1. The van der Waals surface area contributed by atoms with Crippen LogP contribution >= 0.6 is 68.1 Å². The van der Waals surface area contributed by atoms with Crippen molar-refractivity contribution in [3.05, 3.63) is 98.8 Å². The van der Waals surface area contributed by atoms with Crippen LogP contribution in [0.1, 0.15) is 11.1 Å². The molecule has 0 aliphatic rings. The van der Waals surface area contributed by atoms with Crippen LogP contribution in [-0.4, -0.2) is 9.38 Å². The SMILES string of the molecule is O=c1/c(=C/c2cc(I)c(OCc3ccccc3Cl)c(I)c2)sc2nc3ccccc3n12. The Balaban J connectivity index is 1.50. The normalized spacial score (nSPS) is 12.2. The summed E-state index contributed by atoms with van der Waals surface area (Å²) in [7, 11) is 0. The number of thiazole rings is 1. The molecular formula is C23H13ClI2N2O2S. The molecular weight excluding hydrogens is 658 g/mol. The van der Waals surface area contributed by atoms with E-state index in [-0.39, 0.29) is 5.56 Å². The van der Waals surface area contributed by atoms with Gasteiger partial charge in [-0.2, -0.15) is 0 Å². The summed E-state index contributed by atoms with van der Waals surface area (Å²) in [6.45, 7) is 0.397. The van der Waals surface area contributed by atoms with Gasteiger partial charge in [-0.3, -0.25) is 4.79 Å². The van der Waals surface area contributed by atoms with E-state index in [4.69, 9.17) is 16.3 Å². The lowest BCUT2D eigenvalue weighted by atomic mass is 10.2. The second kappa shape index (κ2) is 8.68. The van der Waals surface area contributed by atoms with Gasteiger partial charge in [-0.15, -0.1) is 0 Å². The van der Waals surface area contributed by atoms with Crippen molar-refractivity contribution < 1.29 is 4.74 Å². The number of aromatic nitrogens is 2. The van der Waals surface area contributed by atoms with Crippen LogP contribution in [0.2, 0.25) is 5.02 Å². The van der Waals surface area contributed by atoms with Gasteiger partial charge in [-0.1, -0.05) is 53.3 Å². The first-order chi connectivity index (χ1) is 15.0. The molecule has 31 heavy (non-hydrogen) atoms. The third-order valence-corrected chi connectivity index (χ3v) is 7.73. The lowest BCUT2D eigenvalue weighted by molar-refractivity contribution is 0.302. The summed E-state index contributed by atoms with van der Waals surface area (Å²) < 4.78 is 10.3. The number of fused-ring (bicyclic) bond motifs is 3. The quantitative estimate of drug-likeness (QED) is 0.224. The van der Waals surface area contributed by atoms with Crippen LogP contribution in [0.5, 0.6) is 5.75 Å². The Morgan fingerprint density at radius 2 is 1.77 bits per heavy atom. The molecule has 0 spiro atoms. The number of ether oxygens (including phenoxy) is 1. The predicted molar refractivity (Wildman–Crippen MR) is 143 cm³/mol. The summed E-state index contributed by atoms with van der Waals surface area (Å²) in [5, 5.41) is 0.690. The highest BCUT2D eigenvalue weighted by atomic mass is 127. The molecule has 5 rings (SSSR count). The van der Waals surface area contributed by atoms with E-state index in [0.29, 0.717) is 21.1 Å². The third kappa shape index (κ3) is 4.08. The fourth-order valence-electron chi connectivity index (χ4n) is 3.33. The second-order valence-electron chi connectivity index (χ2n) is 6.83. The molecule has 4 nitrogen and oxygen atoms in total. The Morgan fingerprint density at radius 3 is 2.55 bits per heavy atom. The summed E-state index contributed by atoms with van der Waals surface area (Å²) in [6.07, 6.45) is 1.92. The molecule has 2 heterocycles. The Hall–Kier alpha value is -1.69. The molecule has 0 N–H and O–H groups in total. The van der Waals surface area contributed by atoms with Gasteiger partial charge in [0.2, 0.25) is 0 Å². The molecule has 0 aliphatic heterocycles. The zero-order valence-corrected chi connectivity index (χ0v) is 21.7. The molecule has 2 aromatic heterocycles. The summed E-state index contributed by atoms with van der Waals surface area (Å²) in [6, 6.07) is 19.4. The topological polar surface area (TPSA) is 43.6 Å². The van der Waals surface area contributed by atoms with E-state index in [1.54, 1.807) is 4.40 Å². The van der Waals surface area contributed by atoms with Gasteiger partial charge in [0.25, 0.3) is 5.56 Å². The zero-order chi connectivity index (χ0) is 21.5. The Kier molecular flexibility index (Phi) is 5.93. The Labute approximate surface area is 213 Å². The van der Waals surface area contributed by atoms with Crippen LogP contribution in [0.3, 0.4) is 0 Å². The number of benzene rings is 3. The molecule has 0 radical (unpaired) electrons. The monoisotopic (exact) mass is 670 g/mol. The smallest absolute Gasteiger partial charge is 0.274 e. The van der Waals surface area contributed by atoms with Gasteiger partial charge >= 0.3 is 0 Å². The van der Waals surface area contributed by atoms with Crippen LogP contribution in [0.15, 0.2) is 65.5 Å². The van der Waals surface area contributed by atoms with Gasteiger partial charge < -0.3 is 4.74 Å². The molecule has 0 amide bonds. The van der Waals surface area contributed by atoms with Crippen LogP contribution in [0.25, 0.3) is 22.1 Å². The summed E-state index contributed by atoms with van der Waals surface area (Å²) in [5.41, 5.74) is 3.52. The first-order valence-electron chi connectivity index (χ1n) is 9.28. The van der Waals surface area contributed by atoms with E-state index in [2.05, 4.69) is 50.2 Å². The minimum absolute atomic E-state index is 0.0437. The van der Waals surface area contributed by atoms with Crippen molar-refractivity contribution in [2.75, 3.05) is 0 Å². The largest absolute Gasteiger partial charge is 0.487 e. The number of hydrogen-bond donors (Lipinski definition) is 0. The van der Waals surface area contributed by atoms with E-state index in [0.717, 1.165) is 35.1 Å². The first-order valence-corrected chi connectivity index (χ1v) is 12.6. The highest BCUT2D eigenvalue weighted by Crippen LogP contribution is 2.30. The molecule has 154 valence electrons. The fourth-order valence-corrected chi connectivity index (χ4v) is 6.63. The van der Waals surface area contributed by atoms with Gasteiger partial charge in [0, 0.05) is 10.6 Å². The van der Waals surface area contributed by atoms with E-state index in [1.807, 2.05) is 66.7 Å². The minimum atomic E-state index is -0.0437. The van der Waals surface area contributed by atoms with Crippen molar-refractivity contribution in [2.45, 2.75) is 6.61 Å². The number of halogens is 3. The number of hydrogen-bond acceptors (Lipinski definition) is 4. The van der Waals surface area contributed by atoms with Crippen molar-refractivity contribution in [1.82, 2.24) is 9.38 Å². The summed E-state index contributed by atoms with van der Waals surface area (Å²) >= 11 is 12.2. The maximum Gasteiger partial charge on any atom is 0.274 e. The van der Waals surface area contributed by atoms with Gasteiger partial charge in [0.1, 0.15) is 12.4 Å². The maximum absolute atomic E-state index is 13.0. The summed E-state index contributed by atoms with van der Waals surface area (Å²) in [5.74, 6) is 0.813. The van der Waals surface area contributed by atoms with Crippen LogP contribution in [0.4, 0.5) is 0 Å². The Bertz CT molecular complexity index is 1540. The van der Waals surface area contributed by atoms with Crippen molar-refractivity contribution in [1.29, 1.82) is 0 Å². The van der Waals surface area contributed by atoms with Gasteiger partial charge in [0.05, 0.1) is 22.7 Å². The lowest BCUT2D eigenvalue weighted by Gasteiger charge is -2.12. The van der Waals surface area contributed by atoms with Crippen molar-refractivity contribution in [2.24, 2.45) is 0 Å². The third-order valence-electron chi connectivity index (χ3n) is 4.79. The fraction of sp³-hybridized carbons (Fsp3) is 0.0435. The van der Waals surface area contributed by atoms with Crippen LogP contribution in [-0.2, 0) is 6.61 Å². The molecule has 0 aliphatic carbocycles. The van der Waals surface area contributed by atoms with Crippen LogP contribution < -0.4 is 14.8 Å². The Morgan fingerprint density at radius 1 is 1.06 bits per heavy atom. The number of rotatable bonds is 4. The van der Waals surface area contributed by atoms with Gasteiger partial charge in [-0.25, -0.2) is 9.38 Å². The van der Waals surface area contributed by atoms with E-state index in [1.165, 1.54) is 11.3 Å². The lowest BCUT2D eigenvalue weighted by Crippen LogP contribution is -2.22. The average Bonchev–Trinajstić information content (AvgIpc) is 3.25. The highest BCUT2D eigenvalue weighted by Gasteiger charge is 2.12. The molecule has 8 heteroatoms. The van der Waals surface area contributed by atoms with Crippen molar-refractivity contribution in [3.63, 3.8) is 0 Å². The van der Waals surface area contributed by atoms with Crippen LogP contribution in [0, 0.1) is 7.14 Å². The molecule has 0 fully saturated rings. The van der Waals surface area contributed by atoms with Gasteiger partial charge in [-0.05, 0) is 87.2 Å². The molecule has 0 saturated carbocycles. The van der Waals surface area contributed by atoms with E-state index < -0.39 is 0 Å². The maximum atomic E-state index is 13.0. The van der Waals surface area contributed by atoms with Crippen molar-refractivity contribution in [3.8, 4) is 5.75 Å². The standard InChI is InChI=1S/C23H13ClI2N2O2S/c24-15-6-2-1-5-14(15)12-30-21-16(25)9-13(10-17(21)26)11-20-22(29)28-19-8-4-3-7-18(19)27-23(28)31-20/h1-11H,12H2/b20-11-. The molecule has 3 aromatic carbocycles. The zero-order valence-electron chi connectivity index (χ0n) is 15.8. The molecule has 0 unspecified atom stereocenters. The second-order valence-corrected chi connectivity index (χ2v) is 10.6. The minimum Gasteiger partial charge on any atom is -0.487 e.